The number of allylic oxidation sites excluding steroid dienone is 2. The highest BCUT2D eigenvalue weighted by Crippen LogP contribution is 2.32. The summed E-state index contributed by atoms with van der Waals surface area (Å²) in [5, 5.41) is 17.7. The standard InChI is InChI=1S/C8H12O3/c9-6-8(7(10)11)4-2-1-3-5-8/h1-2,9H,3-6H2,(H,10,11). The first kappa shape index (κ1) is 8.27. The average molecular weight is 156 g/mol. The third-order valence-electron chi connectivity index (χ3n) is 2.22. The molecule has 0 spiro atoms. The Morgan fingerprint density at radius 3 is 2.55 bits per heavy atom. The molecule has 1 aliphatic carbocycles. The highest BCUT2D eigenvalue weighted by atomic mass is 16.4. The summed E-state index contributed by atoms with van der Waals surface area (Å²) in [4.78, 5) is 10.7. The van der Waals surface area contributed by atoms with E-state index in [1.54, 1.807) is 0 Å². The van der Waals surface area contributed by atoms with Gasteiger partial charge in [-0.05, 0) is 19.3 Å². The number of carboxylic acid groups (broad SMARTS) is 1. The van der Waals surface area contributed by atoms with Crippen molar-refractivity contribution in [3.8, 4) is 0 Å². The quantitative estimate of drug-likeness (QED) is 0.581. The fourth-order valence-electron chi connectivity index (χ4n) is 1.29. The highest BCUT2D eigenvalue weighted by molar-refractivity contribution is 5.75. The van der Waals surface area contributed by atoms with E-state index in [4.69, 9.17) is 10.2 Å². The molecule has 0 saturated heterocycles. The van der Waals surface area contributed by atoms with E-state index in [-0.39, 0.29) is 6.61 Å². The monoisotopic (exact) mass is 156 g/mol. The van der Waals surface area contributed by atoms with Crippen LogP contribution in [0.1, 0.15) is 19.3 Å². The largest absolute Gasteiger partial charge is 0.481 e. The Hall–Kier alpha value is -0.830. The van der Waals surface area contributed by atoms with Gasteiger partial charge in [0.2, 0.25) is 0 Å². The Bertz CT molecular complexity index is 186. The molecule has 0 saturated carbocycles. The Morgan fingerprint density at radius 2 is 2.27 bits per heavy atom. The highest BCUT2D eigenvalue weighted by Gasteiger charge is 2.37. The molecule has 1 rings (SSSR count). The lowest BCUT2D eigenvalue weighted by atomic mass is 9.78. The number of rotatable bonds is 2. The molecule has 0 aliphatic heterocycles. The van der Waals surface area contributed by atoms with Gasteiger partial charge in [-0.1, -0.05) is 12.2 Å². The van der Waals surface area contributed by atoms with Crippen molar-refractivity contribution in [2.75, 3.05) is 6.61 Å². The van der Waals surface area contributed by atoms with E-state index in [1.807, 2.05) is 12.2 Å². The van der Waals surface area contributed by atoms with E-state index >= 15 is 0 Å². The van der Waals surface area contributed by atoms with Gasteiger partial charge in [-0.2, -0.15) is 0 Å². The van der Waals surface area contributed by atoms with Crippen LogP contribution in [0.15, 0.2) is 12.2 Å². The summed E-state index contributed by atoms with van der Waals surface area (Å²) < 4.78 is 0. The van der Waals surface area contributed by atoms with Crippen LogP contribution in [0, 0.1) is 5.41 Å². The Kier molecular flexibility index (Phi) is 2.29. The maximum Gasteiger partial charge on any atom is 0.312 e. The molecule has 0 bridgehead atoms. The summed E-state index contributed by atoms with van der Waals surface area (Å²) in [5.74, 6) is -0.885. The molecular weight excluding hydrogens is 144 g/mol. The minimum Gasteiger partial charge on any atom is -0.481 e. The summed E-state index contributed by atoms with van der Waals surface area (Å²) in [7, 11) is 0. The predicted molar refractivity (Wildman–Crippen MR) is 40.1 cm³/mol. The molecule has 1 aliphatic rings. The molecule has 3 nitrogen and oxygen atoms in total. The Balaban J connectivity index is 2.75. The van der Waals surface area contributed by atoms with Gasteiger partial charge in [-0.15, -0.1) is 0 Å². The first-order chi connectivity index (χ1) is 5.21. The van der Waals surface area contributed by atoms with Crippen LogP contribution in [0.25, 0.3) is 0 Å². The van der Waals surface area contributed by atoms with Crippen LogP contribution >= 0.6 is 0 Å². The first-order valence-electron chi connectivity index (χ1n) is 3.70. The summed E-state index contributed by atoms with van der Waals surface area (Å²) >= 11 is 0. The lowest BCUT2D eigenvalue weighted by Gasteiger charge is -2.27. The SMILES string of the molecule is O=C(O)C1(CO)CC=CCC1. The van der Waals surface area contributed by atoms with Gasteiger partial charge in [0.05, 0.1) is 12.0 Å². The van der Waals surface area contributed by atoms with Crippen molar-refractivity contribution in [3.63, 3.8) is 0 Å². The average Bonchev–Trinajstić information content (AvgIpc) is 2.05. The fourth-order valence-corrected chi connectivity index (χ4v) is 1.29. The minimum atomic E-state index is -0.894. The minimum absolute atomic E-state index is 0.257. The molecule has 11 heavy (non-hydrogen) atoms. The van der Waals surface area contributed by atoms with Gasteiger partial charge in [-0.3, -0.25) is 4.79 Å². The third-order valence-corrected chi connectivity index (χ3v) is 2.22. The molecule has 0 amide bonds. The van der Waals surface area contributed by atoms with Crippen molar-refractivity contribution in [3.05, 3.63) is 12.2 Å². The zero-order chi connectivity index (χ0) is 8.32. The molecule has 0 aromatic heterocycles. The lowest BCUT2D eigenvalue weighted by molar-refractivity contribution is -0.152. The van der Waals surface area contributed by atoms with Crippen molar-refractivity contribution in [2.24, 2.45) is 5.41 Å². The van der Waals surface area contributed by atoms with Crippen molar-refractivity contribution >= 4 is 5.97 Å². The maximum atomic E-state index is 10.7. The molecule has 0 fully saturated rings. The van der Waals surface area contributed by atoms with E-state index in [1.165, 1.54) is 0 Å². The van der Waals surface area contributed by atoms with Gasteiger partial charge in [0, 0.05) is 0 Å². The molecule has 0 heterocycles. The Labute approximate surface area is 65.3 Å². The van der Waals surface area contributed by atoms with E-state index in [9.17, 15) is 4.79 Å². The second-order valence-electron chi connectivity index (χ2n) is 2.96. The van der Waals surface area contributed by atoms with Gasteiger partial charge < -0.3 is 10.2 Å². The zero-order valence-corrected chi connectivity index (χ0v) is 6.29. The van der Waals surface area contributed by atoms with Crippen LogP contribution in [0.5, 0.6) is 0 Å². The lowest BCUT2D eigenvalue weighted by Crippen LogP contribution is -2.35. The molecule has 0 aromatic carbocycles. The number of aliphatic hydroxyl groups is 1. The topological polar surface area (TPSA) is 57.5 Å². The maximum absolute atomic E-state index is 10.7. The number of hydrogen-bond acceptors (Lipinski definition) is 2. The number of aliphatic carboxylic acids is 1. The molecular formula is C8H12O3. The second kappa shape index (κ2) is 3.05. The Morgan fingerprint density at radius 1 is 1.55 bits per heavy atom. The van der Waals surface area contributed by atoms with Crippen LogP contribution in [0.4, 0.5) is 0 Å². The van der Waals surface area contributed by atoms with Gasteiger partial charge in [-0.25, -0.2) is 0 Å². The fraction of sp³-hybridized carbons (Fsp3) is 0.625. The number of hydrogen-bond donors (Lipinski definition) is 2. The normalized spacial score (nSPS) is 30.3. The van der Waals surface area contributed by atoms with Gasteiger partial charge in [0.25, 0.3) is 0 Å². The summed E-state index contributed by atoms with van der Waals surface area (Å²) in [6.07, 6.45) is 5.55. The van der Waals surface area contributed by atoms with Gasteiger partial charge >= 0.3 is 5.97 Å². The second-order valence-corrected chi connectivity index (χ2v) is 2.96. The smallest absolute Gasteiger partial charge is 0.312 e. The zero-order valence-electron chi connectivity index (χ0n) is 6.29. The van der Waals surface area contributed by atoms with E-state index in [0.29, 0.717) is 12.8 Å². The summed E-state index contributed by atoms with van der Waals surface area (Å²) in [6.45, 7) is -0.257. The van der Waals surface area contributed by atoms with Gasteiger partial charge in [0.1, 0.15) is 0 Å². The molecule has 3 heteroatoms. The molecule has 0 radical (unpaired) electrons. The van der Waals surface area contributed by atoms with E-state index in [2.05, 4.69) is 0 Å². The van der Waals surface area contributed by atoms with Crippen LogP contribution in [-0.2, 0) is 4.79 Å². The number of aliphatic hydroxyl groups excluding tert-OH is 1. The van der Waals surface area contributed by atoms with Gasteiger partial charge in [0.15, 0.2) is 0 Å². The van der Waals surface area contributed by atoms with Crippen molar-refractivity contribution in [2.45, 2.75) is 19.3 Å². The summed E-state index contributed by atoms with van der Waals surface area (Å²) in [6, 6.07) is 0. The molecule has 1 unspecified atom stereocenters. The number of carboxylic acids is 1. The predicted octanol–water partition coefficient (Wildman–Crippen LogP) is 0.790. The van der Waals surface area contributed by atoms with Crippen molar-refractivity contribution < 1.29 is 15.0 Å². The first-order valence-corrected chi connectivity index (χ1v) is 3.70. The van der Waals surface area contributed by atoms with Crippen LogP contribution in [-0.4, -0.2) is 22.8 Å². The third kappa shape index (κ3) is 1.43. The molecule has 0 aromatic rings. The van der Waals surface area contributed by atoms with Crippen molar-refractivity contribution in [1.29, 1.82) is 0 Å². The van der Waals surface area contributed by atoms with E-state index < -0.39 is 11.4 Å². The molecule has 2 N–H and O–H groups in total. The summed E-state index contributed by atoms with van der Waals surface area (Å²) in [5.41, 5.74) is -0.894. The van der Waals surface area contributed by atoms with E-state index in [0.717, 1.165) is 6.42 Å². The van der Waals surface area contributed by atoms with Crippen molar-refractivity contribution in [1.82, 2.24) is 0 Å². The number of carbonyl (C=O) groups is 1. The van der Waals surface area contributed by atoms with Crippen LogP contribution in [0.3, 0.4) is 0 Å². The van der Waals surface area contributed by atoms with Crippen LogP contribution in [0.2, 0.25) is 0 Å². The van der Waals surface area contributed by atoms with Crippen LogP contribution < -0.4 is 0 Å². The molecule has 1 atom stereocenters. The molecule has 62 valence electrons.